The molecule has 1 aliphatic heterocycles. The minimum absolute atomic E-state index is 0.0147. The topological polar surface area (TPSA) is 108 Å². The fourth-order valence-corrected chi connectivity index (χ4v) is 6.18. The van der Waals surface area contributed by atoms with E-state index in [2.05, 4.69) is 15.6 Å². The van der Waals surface area contributed by atoms with Crippen molar-refractivity contribution in [1.29, 1.82) is 0 Å². The third-order valence-electron chi connectivity index (χ3n) is 5.61. The van der Waals surface area contributed by atoms with Gasteiger partial charge in [0.25, 0.3) is 0 Å². The number of sulfonamides is 1. The van der Waals surface area contributed by atoms with E-state index in [1.165, 1.54) is 28.1 Å². The van der Waals surface area contributed by atoms with Gasteiger partial charge in [0, 0.05) is 37.5 Å². The molecule has 1 aromatic heterocycles. The summed E-state index contributed by atoms with van der Waals surface area (Å²) in [5.74, 6) is -0.443. The van der Waals surface area contributed by atoms with Gasteiger partial charge in [-0.05, 0) is 37.7 Å². The molecule has 1 saturated heterocycles. The minimum atomic E-state index is -3.30. The summed E-state index contributed by atoms with van der Waals surface area (Å²) in [7, 11) is -3.30. The molecule has 33 heavy (non-hydrogen) atoms. The number of thiazole rings is 1. The van der Waals surface area contributed by atoms with Crippen molar-refractivity contribution < 1.29 is 18.0 Å². The zero-order valence-electron chi connectivity index (χ0n) is 19.2. The minimum Gasteiger partial charge on any atom is -0.356 e. The summed E-state index contributed by atoms with van der Waals surface area (Å²) >= 11 is 1.36. The van der Waals surface area contributed by atoms with Gasteiger partial charge in [0.2, 0.25) is 21.8 Å². The van der Waals surface area contributed by atoms with Crippen molar-refractivity contribution in [2.24, 2.45) is 5.92 Å². The maximum atomic E-state index is 12.8. The number of carbonyl (C=O) groups is 2. The van der Waals surface area contributed by atoms with Gasteiger partial charge in [-0.1, -0.05) is 31.2 Å². The molecule has 1 fully saturated rings. The molecule has 8 nitrogen and oxygen atoms in total. The number of anilines is 1. The zero-order valence-corrected chi connectivity index (χ0v) is 20.8. The Labute approximate surface area is 199 Å². The number of nitrogens with zero attached hydrogens (tertiary/aromatic N) is 2. The lowest BCUT2D eigenvalue weighted by Gasteiger charge is -2.30. The Hall–Kier alpha value is -2.30. The highest BCUT2D eigenvalue weighted by Gasteiger charge is 2.32. The molecule has 1 aromatic carbocycles. The number of rotatable bonds is 10. The number of nitrogens with one attached hydrogen (secondary N) is 2. The van der Waals surface area contributed by atoms with Crippen LogP contribution in [0, 0.1) is 5.92 Å². The molecule has 0 aliphatic carbocycles. The normalized spacial score (nSPS) is 17.0. The van der Waals surface area contributed by atoms with Crippen LogP contribution >= 0.6 is 11.3 Å². The van der Waals surface area contributed by atoms with E-state index in [9.17, 15) is 18.0 Å². The summed E-state index contributed by atoms with van der Waals surface area (Å²) in [6.45, 7) is 4.73. The van der Waals surface area contributed by atoms with Gasteiger partial charge >= 0.3 is 0 Å². The molecule has 2 heterocycles. The molecular weight excluding hydrogens is 460 g/mol. The molecule has 2 N–H and O–H groups in total. The quantitative estimate of drug-likeness (QED) is 0.495. The van der Waals surface area contributed by atoms with E-state index in [0.717, 1.165) is 24.1 Å². The van der Waals surface area contributed by atoms with Crippen LogP contribution in [-0.4, -0.2) is 54.9 Å². The van der Waals surface area contributed by atoms with Crippen LogP contribution in [0.5, 0.6) is 0 Å². The molecule has 1 atom stereocenters. The van der Waals surface area contributed by atoms with Crippen LogP contribution in [0.2, 0.25) is 0 Å². The van der Waals surface area contributed by atoms with E-state index in [-0.39, 0.29) is 30.0 Å². The fourth-order valence-electron chi connectivity index (χ4n) is 3.87. The lowest BCUT2D eigenvalue weighted by Crippen LogP contribution is -2.44. The van der Waals surface area contributed by atoms with Crippen molar-refractivity contribution in [3.8, 4) is 11.3 Å². The Kier molecular flexibility index (Phi) is 8.99. The van der Waals surface area contributed by atoms with Gasteiger partial charge in [0.1, 0.15) is 0 Å². The smallest absolute Gasteiger partial charge is 0.230 e. The maximum Gasteiger partial charge on any atom is 0.230 e. The van der Waals surface area contributed by atoms with Gasteiger partial charge in [-0.15, -0.1) is 11.3 Å². The second-order valence-electron chi connectivity index (χ2n) is 8.32. The summed E-state index contributed by atoms with van der Waals surface area (Å²) in [5, 5.41) is 8.09. The van der Waals surface area contributed by atoms with Crippen molar-refractivity contribution in [1.82, 2.24) is 14.6 Å². The van der Waals surface area contributed by atoms with Crippen LogP contribution in [0.25, 0.3) is 11.3 Å². The van der Waals surface area contributed by atoms with E-state index in [4.69, 9.17) is 0 Å². The summed E-state index contributed by atoms with van der Waals surface area (Å²) in [6, 6.07) is 8.11. The van der Waals surface area contributed by atoms with Crippen molar-refractivity contribution in [3.05, 3.63) is 35.2 Å². The highest BCUT2D eigenvalue weighted by Crippen LogP contribution is 2.27. The number of benzene rings is 1. The monoisotopic (exact) mass is 492 g/mol. The second-order valence-corrected chi connectivity index (χ2v) is 11.3. The van der Waals surface area contributed by atoms with E-state index in [0.29, 0.717) is 37.5 Å². The Balaban J connectivity index is 1.55. The summed E-state index contributed by atoms with van der Waals surface area (Å²) in [4.78, 5) is 28.2. The third kappa shape index (κ3) is 7.35. The Bertz CT molecular complexity index is 1050. The Morgan fingerprint density at radius 2 is 2.00 bits per heavy atom. The molecule has 10 heteroatoms. The highest BCUT2D eigenvalue weighted by molar-refractivity contribution is 7.89. The number of piperidine rings is 1. The lowest BCUT2D eigenvalue weighted by molar-refractivity contribution is -0.121. The van der Waals surface area contributed by atoms with E-state index in [1.807, 2.05) is 36.6 Å². The average molecular weight is 493 g/mol. The molecule has 0 saturated carbocycles. The van der Waals surface area contributed by atoms with Crippen LogP contribution in [-0.2, 0) is 26.0 Å². The average Bonchev–Trinajstić information content (AvgIpc) is 3.25. The standard InChI is InChI=1S/C23H32N4O4S2/c1-3-14-33(30,31)27-13-5-7-20(15-27)22(29)26-23-25-21(16-32-23)19-10-8-18(9-11-19)6-4-12-24-17(2)28/h8-11,16,20H,3-7,12-15H2,1-2H3,(H,24,28)(H,25,26,29). The molecule has 1 aliphatic rings. The summed E-state index contributed by atoms with van der Waals surface area (Å²) < 4.78 is 26.2. The molecule has 1 unspecified atom stereocenters. The number of hydrogen-bond donors (Lipinski definition) is 2. The first-order valence-corrected chi connectivity index (χ1v) is 13.9. The van der Waals surface area contributed by atoms with Crippen molar-refractivity contribution in [2.75, 3.05) is 30.7 Å². The number of carbonyl (C=O) groups excluding carboxylic acids is 2. The molecule has 2 amide bonds. The van der Waals surface area contributed by atoms with E-state index < -0.39 is 10.0 Å². The summed E-state index contributed by atoms with van der Waals surface area (Å²) in [6.07, 6.45) is 3.68. The van der Waals surface area contributed by atoms with Gasteiger partial charge in [-0.2, -0.15) is 0 Å². The number of aromatic nitrogens is 1. The summed E-state index contributed by atoms with van der Waals surface area (Å²) in [5.41, 5.74) is 2.94. The molecule has 2 aromatic rings. The maximum absolute atomic E-state index is 12.8. The largest absolute Gasteiger partial charge is 0.356 e. The van der Waals surface area contributed by atoms with Gasteiger partial charge in [0.15, 0.2) is 5.13 Å². The number of amides is 2. The first kappa shape index (κ1) is 25.3. The fraction of sp³-hybridized carbons (Fsp3) is 0.522. The highest BCUT2D eigenvalue weighted by atomic mass is 32.2. The Morgan fingerprint density at radius 1 is 1.24 bits per heavy atom. The first-order valence-electron chi connectivity index (χ1n) is 11.4. The van der Waals surface area contributed by atoms with Crippen molar-refractivity contribution in [2.45, 2.75) is 46.0 Å². The van der Waals surface area contributed by atoms with Crippen molar-refractivity contribution >= 4 is 38.3 Å². The van der Waals surface area contributed by atoms with Gasteiger partial charge in [-0.3, -0.25) is 9.59 Å². The Morgan fingerprint density at radius 3 is 2.70 bits per heavy atom. The molecule has 3 rings (SSSR count). The van der Waals surface area contributed by atoms with Gasteiger partial charge in [-0.25, -0.2) is 17.7 Å². The molecule has 0 radical (unpaired) electrons. The number of hydrogen-bond acceptors (Lipinski definition) is 6. The van der Waals surface area contributed by atoms with E-state index >= 15 is 0 Å². The SMILES string of the molecule is CCCS(=O)(=O)N1CCCC(C(=O)Nc2nc(-c3ccc(CCCNC(C)=O)cc3)cs2)C1. The van der Waals surface area contributed by atoms with Crippen LogP contribution in [0.15, 0.2) is 29.6 Å². The predicted octanol–water partition coefficient (Wildman–Crippen LogP) is 3.27. The van der Waals surface area contributed by atoms with E-state index in [1.54, 1.807) is 0 Å². The lowest BCUT2D eigenvalue weighted by atomic mass is 9.99. The first-order chi connectivity index (χ1) is 15.8. The number of aryl methyl sites for hydroxylation is 1. The predicted molar refractivity (Wildman–Crippen MR) is 132 cm³/mol. The molecule has 0 spiro atoms. The molecule has 180 valence electrons. The molecule has 0 bridgehead atoms. The molecular formula is C23H32N4O4S2. The van der Waals surface area contributed by atoms with Crippen LogP contribution in [0.1, 0.15) is 45.1 Å². The van der Waals surface area contributed by atoms with Gasteiger partial charge < -0.3 is 10.6 Å². The van der Waals surface area contributed by atoms with Crippen LogP contribution < -0.4 is 10.6 Å². The van der Waals surface area contributed by atoms with Crippen LogP contribution in [0.3, 0.4) is 0 Å². The second kappa shape index (κ2) is 11.7. The van der Waals surface area contributed by atoms with Crippen molar-refractivity contribution in [3.63, 3.8) is 0 Å². The van der Waals surface area contributed by atoms with Gasteiger partial charge in [0.05, 0.1) is 17.4 Å². The zero-order chi connectivity index (χ0) is 23.8. The van der Waals surface area contributed by atoms with Crippen LogP contribution in [0.4, 0.5) is 5.13 Å². The third-order valence-corrected chi connectivity index (χ3v) is 8.41.